The van der Waals surface area contributed by atoms with Crippen LogP contribution in [-0.4, -0.2) is 53.6 Å². The van der Waals surface area contributed by atoms with Crippen molar-refractivity contribution in [3.8, 4) is 17.1 Å². The molecule has 0 spiro atoms. The standard InChI is InChI=1S/C29H29FN4O3S/c1-37-22-6-4-5-19(17-22)27-31-28-26(23-7-2-3-8-24(23)38-28)29(36)34(27)18-25(35)33-15-13-32(14-16-33)21-11-9-20(30)10-12-21/h4-6,9-12,17H,2-3,7-8,13-16,18H2,1H3. The van der Waals surface area contributed by atoms with E-state index in [9.17, 15) is 14.0 Å². The van der Waals surface area contributed by atoms with Gasteiger partial charge in [-0.05, 0) is 67.6 Å². The Morgan fingerprint density at radius 3 is 2.58 bits per heavy atom. The Kier molecular flexibility index (Phi) is 6.61. The lowest BCUT2D eigenvalue weighted by Crippen LogP contribution is -2.50. The number of rotatable bonds is 5. The Bertz CT molecular complexity index is 1550. The highest BCUT2D eigenvalue weighted by molar-refractivity contribution is 7.18. The summed E-state index contributed by atoms with van der Waals surface area (Å²) in [7, 11) is 1.60. The Morgan fingerprint density at radius 2 is 1.82 bits per heavy atom. The molecule has 196 valence electrons. The van der Waals surface area contributed by atoms with Gasteiger partial charge >= 0.3 is 0 Å². The molecule has 1 aliphatic carbocycles. The second kappa shape index (κ2) is 10.2. The summed E-state index contributed by atoms with van der Waals surface area (Å²) in [6.45, 7) is 2.27. The molecule has 2 aromatic carbocycles. The first kappa shape index (κ1) is 24.6. The number of aryl methyl sites for hydroxylation is 2. The van der Waals surface area contributed by atoms with Crippen LogP contribution in [0.3, 0.4) is 0 Å². The van der Waals surface area contributed by atoms with E-state index in [0.717, 1.165) is 47.3 Å². The van der Waals surface area contributed by atoms with Gasteiger partial charge in [0, 0.05) is 42.3 Å². The molecule has 7 nitrogen and oxygen atoms in total. The largest absolute Gasteiger partial charge is 0.497 e. The molecule has 1 amide bonds. The van der Waals surface area contributed by atoms with E-state index in [1.165, 1.54) is 17.0 Å². The van der Waals surface area contributed by atoms with E-state index < -0.39 is 0 Å². The maximum absolute atomic E-state index is 14.0. The van der Waals surface area contributed by atoms with Crippen LogP contribution in [0, 0.1) is 5.82 Å². The van der Waals surface area contributed by atoms with E-state index in [1.807, 2.05) is 24.3 Å². The first-order chi connectivity index (χ1) is 18.5. The third-order valence-corrected chi connectivity index (χ3v) is 8.71. The maximum Gasteiger partial charge on any atom is 0.263 e. The van der Waals surface area contributed by atoms with E-state index in [-0.39, 0.29) is 23.8 Å². The third-order valence-electron chi connectivity index (χ3n) is 7.52. The topological polar surface area (TPSA) is 67.7 Å². The molecule has 1 saturated heterocycles. The van der Waals surface area contributed by atoms with Crippen LogP contribution in [0.2, 0.25) is 0 Å². The summed E-state index contributed by atoms with van der Waals surface area (Å²) in [5, 5.41) is 0.672. The molecule has 1 aliphatic heterocycles. The first-order valence-corrected chi connectivity index (χ1v) is 13.8. The Hall–Kier alpha value is -3.72. The van der Waals surface area contributed by atoms with Gasteiger partial charge in [-0.25, -0.2) is 9.37 Å². The molecule has 6 rings (SSSR count). The van der Waals surface area contributed by atoms with Crippen molar-refractivity contribution < 1.29 is 13.9 Å². The third kappa shape index (κ3) is 4.55. The summed E-state index contributed by atoms with van der Waals surface area (Å²) in [5.41, 5.74) is 2.64. The lowest BCUT2D eigenvalue weighted by atomic mass is 9.97. The van der Waals surface area contributed by atoms with Gasteiger partial charge in [0.25, 0.3) is 5.56 Å². The fourth-order valence-electron chi connectivity index (χ4n) is 5.47. The molecule has 2 aromatic heterocycles. The average molecular weight is 533 g/mol. The lowest BCUT2D eigenvalue weighted by Gasteiger charge is -2.36. The number of thiophene rings is 1. The molecule has 0 atom stereocenters. The van der Waals surface area contributed by atoms with Gasteiger partial charge in [0.2, 0.25) is 5.91 Å². The van der Waals surface area contributed by atoms with Gasteiger partial charge in [-0.2, -0.15) is 0 Å². The van der Waals surface area contributed by atoms with Gasteiger partial charge in [-0.3, -0.25) is 14.2 Å². The monoisotopic (exact) mass is 532 g/mol. The smallest absolute Gasteiger partial charge is 0.263 e. The number of ether oxygens (including phenoxy) is 1. The summed E-state index contributed by atoms with van der Waals surface area (Å²) in [5.74, 6) is 0.771. The number of anilines is 1. The van der Waals surface area contributed by atoms with Gasteiger partial charge in [-0.15, -0.1) is 11.3 Å². The molecule has 0 radical (unpaired) electrons. The normalized spacial score (nSPS) is 15.5. The zero-order valence-electron chi connectivity index (χ0n) is 21.3. The van der Waals surface area contributed by atoms with Crippen molar-refractivity contribution in [2.24, 2.45) is 0 Å². The molecule has 0 N–H and O–H groups in total. The van der Waals surface area contributed by atoms with Crippen LogP contribution < -0.4 is 15.2 Å². The minimum Gasteiger partial charge on any atom is -0.497 e. The van der Waals surface area contributed by atoms with Crippen LogP contribution in [0.4, 0.5) is 10.1 Å². The molecule has 4 aromatic rings. The summed E-state index contributed by atoms with van der Waals surface area (Å²) in [4.78, 5) is 38.4. The Balaban J connectivity index is 1.32. The number of carbonyl (C=O) groups excluding carboxylic acids is 1. The highest BCUT2D eigenvalue weighted by Gasteiger charge is 2.26. The van der Waals surface area contributed by atoms with Crippen molar-refractivity contribution in [1.82, 2.24) is 14.5 Å². The molecule has 2 aliphatic rings. The van der Waals surface area contributed by atoms with E-state index in [2.05, 4.69) is 4.90 Å². The molecule has 0 unspecified atom stereocenters. The van der Waals surface area contributed by atoms with Gasteiger partial charge in [0.15, 0.2) is 0 Å². The predicted molar refractivity (Wildman–Crippen MR) is 148 cm³/mol. The molecule has 38 heavy (non-hydrogen) atoms. The van der Waals surface area contributed by atoms with Crippen LogP contribution in [-0.2, 0) is 24.2 Å². The minimum absolute atomic E-state index is 0.0739. The number of hydrogen-bond acceptors (Lipinski definition) is 6. The van der Waals surface area contributed by atoms with E-state index >= 15 is 0 Å². The summed E-state index contributed by atoms with van der Waals surface area (Å²) < 4.78 is 20.3. The summed E-state index contributed by atoms with van der Waals surface area (Å²) in [6.07, 6.45) is 4.04. The van der Waals surface area contributed by atoms with Crippen LogP contribution in [0.25, 0.3) is 21.6 Å². The molecular weight excluding hydrogens is 503 g/mol. The predicted octanol–water partition coefficient (Wildman–Crippen LogP) is 4.50. The Labute approximate surface area is 224 Å². The first-order valence-electron chi connectivity index (χ1n) is 13.0. The van der Waals surface area contributed by atoms with Crippen molar-refractivity contribution >= 4 is 33.1 Å². The Morgan fingerprint density at radius 1 is 1.05 bits per heavy atom. The number of nitrogens with zero attached hydrogens (tertiary/aromatic N) is 4. The molecule has 3 heterocycles. The fraction of sp³-hybridized carbons (Fsp3) is 0.345. The fourth-order valence-corrected chi connectivity index (χ4v) is 6.72. The maximum atomic E-state index is 14.0. The quantitative estimate of drug-likeness (QED) is 0.379. The van der Waals surface area contributed by atoms with E-state index in [0.29, 0.717) is 43.1 Å². The van der Waals surface area contributed by atoms with E-state index in [1.54, 1.807) is 40.0 Å². The van der Waals surface area contributed by atoms with Gasteiger partial charge in [0.05, 0.1) is 12.5 Å². The summed E-state index contributed by atoms with van der Waals surface area (Å²) >= 11 is 1.61. The van der Waals surface area contributed by atoms with Crippen molar-refractivity contribution in [2.45, 2.75) is 32.2 Å². The zero-order chi connectivity index (χ0) is 26.2. The molecular formula is C29H29FN4O3S. The van der Waals surface area contributed by atoms with Gasteiger partial charge < -0.3 is 14.5 Å². The molecule has 1 fully saturated rings. The van der Waals surface area contributed by atoms with Gasteiger partial charge in [-0.1, -0.05) is 12.1 Å². The number of benzene rings is 2. The number of piperazine rings is 1. The highest BCUT2D eigenvalue weighted by atomic mass is 32.1. The van der Waals surface area contributed by atoms with Crippen molar-refractivity contribution in [2.75, 3.05) is 38.2 Å². The second-order valence-electron chi connectivity index (χ2n) is 9.79. The number of halogens is 1. The van der Waals surface area contributed by atoms with Crippen LogP contribution in [0.5, 0.6) is 5.75 Å². The number of hydrogen-bond donors (Lipinski definition) is 0. The second-order valence-corrected chi connectivity index (χ2v) is 10.9. The number of aromatic nitrogens is 2. The summed E-state index contributed by atoms with van der Waals surface area (Å²) in [6, 6.07) is 13.9. The van der Waals surface area contributed by atoms with E-state index in [4.69, 9.17) is 9.72 Å². The van der Waals surface area contributed by atoms with Crippen molar-refractivity contribution in [3.63, 3.8) is 0 Å². The zero-order valence-corrected chi connectivity index (χ0v) is 22.1. The molecule has 9 heteroatoms. The number of carbonyl (C=O) groups is 1. The number of methoxy groups -OCH3 is 1. The minimum atomic E-state index is -0.266. The molecule has 0 bridgehead atoms. The van der Waals surface area contributed by atoms with Crippen molar-refractivity contribution in [1.29, 1.82) is 0 Å². The molecule has 0 saturated carbocycles. The van der Waals surface area contributed by atoms with Crippen LogP contribution in [0.15, 0.2) is 53.3 Å². The number of fused-ring (bicyclic) bond motifs is 3. The van der Waals surface area contributed by atoms with Crippen LogP contribution >= 0.6 is 11.3 Å². The van der Waals surface area contributed by atoms with Crippen LogP contribution in [0.1, 0.15) is 23.3 Å². The SMILES string of the molecule is COc1cccc(-c2nc3sc4c(c3c(=O)n2CC(=O)N2CCN(c3ccc(F)cc3)CC2)CCCC4)c1. The highest BCUT2D eigenvalue weighted by Crippen LogP contribution is 2.35. The van der Waals surface area contributed by atoms with Crippen molar-refractivity contribution in [3.05, 3.63) is 75.1 Å². The lowest BCUT2D eigenvalue weighted by molar-refractivity contribution is -0.132. The van der Waals surface area contributed by atoms with Gasteiger partial charge in [0.1, 0.15) is 28.8 Å². The average Bonchev–Trinajstić information content (AvgIpc) is 3.33. The number of amides is 1.